The second-order valence-corrected chi connectivity index (χ2v) is 5.20. The number of anilines is 1. The van der Waals surface area contributed by atoms with Gasteiger partial charge in [-0.1, -0.05) is 22.0 Å². The third kappa shape index (κ3) is 2.41. The minimum atomic E-state index is -0.438. The Hall–Kier alpha value is -1.36. The van der Waals surface area contributed by atoms with E-state index in [4.69, 9.17) is 0 Å². The molecule has 1 aliphatic rings. The first-order chi connectivity index (χ1) is 8.52. The minimum absolute atomic E-state index is 0.105. The fraction of sp³-hybridized carbons (Fsp3) is 0.385. The normalized spacial score (nSPS) is 19.5. The lowest BCUT2D eigenvalue weighted by Gasteiger charge is -2.14. The Kier molecular flexibility index (Phi) is 3.71. The minimum Gasteiger partial charge on any atom is -0.373 e. The molecule has 0 spiro atoms. The summed E-state index contributed by atoms with van der Waals surface area (Å²) in [5.41, 5.74) is 1.97. The third-order valence-corrected chi connectivity index (χ3v) is 3.93. The zero-order valence-electron chi connectivity index (χ0n) is 10.4. The summed E-state index contributed by atoms with van der Waals surface area (Å²) >= 11 is 3.45. The maximum absolute atomic E-state index is 11.9. The summed E-state index contributed by atoms with van der Waals surface area (Å²) in [7, 11) is 0. The van der Waals surface area contributed by atoms with Crippen molar-refractivity contribution in [1.82, 2.24) is 4.90 Å². The summed E-state index contributed by atoms with van der Waals surface area (Å²) in [6.45, 7) is 4.24. The fourth-order valence-electron chi connectivity index (χ4n) is 2.01. The number of benzene rings is 1. The summed E-state index contributed by atoms with van der Waals surface area (Å²) in [4.78, 5) is 24.8. The van der Waals surface area contributed by atoms with E-state index in [-0.39, 0.29) is 18.2 Å². The molecule has 18 heavy (non-hydrogen) atoms. The van der Waals surface area contributed by atoms with Crippen LogP contribution < -0.4 is 5.32 Å². The Morgan fingerprint density at radius 2 is 2.17 bits per heavy atom. The molecule has 2 amide bonds. The molecule has 1 aliphatic heterocycles. The van der Waals surface area contributed by atoms with Gasteiger partial charge in [0.25, 0.3) is 5.91 Å². The van der Waals surface area contributed by atoms with E-state index in [2.05, 4.69) is 21.2 Å². The van der Waals surface area contributed by atoms with Crippen LogP contribution in [0.1, 0.15) is 18.9 Å². The SMILES string of the molecule is CCN1C(=O)CC(Nc2ccc(C)c(Br)c2)C1=O. The van der Waals surface area contributed by atoms with E-state index in [0.29, 0.717) is 6.54 Å². The van der Waals surface area contributed by atoms with Gasteiger partial charge in [-0.2, -0.15) is 0 Å². The maximum Gasteiger partial charge on any atom is 0.252 e. The largest absolute Gasteiger partial charge is 0.373 e. The van der Waals surface area contributed by atoms with E-state index in [9.17, 15) is 9.59 Å². The lowest BCUT2D eigenvalue weighted by molar-refractivity contribution is -0.138. The quantitative estimate of drug-likeness (QED) is 0.872. The zero-order valence-corrected chi connectivity index (χ0v) is 12.0. The number of likely N-dealkylation sites (N-methyl/N-ethyl adjacent to an activating group) is 1. The van der Waals surface area contributed by atoms with Gasteiger partial charge in [-0.25, -0.2) is 0 Å². The number of likely N-dealkylation sites (tertiary alicyclic amines) is 1. The molecule has 1 fully saturated rings. The number of imide groups is 1. The molecule has 2 rings (SSSR count). The number of hydrogen-bond acceptors (Lipinski definition) is 3. The molecule has 1 heterocycles. The topological polar surface area (TPSA) is 49.4 Å². The van der Waals surface area contributed by atoms with Crippen LogP contribution in [0, 0.1) is 6.92 Å². The van der Waals surface area contributed by atoms with Gasteiger partial charge >= 0.3 is 0 Å². The van der Waals surface area contributed by atoms with E-state index in [0.717, 1.165) is 15.7 Å². The first-order valence-corrected chi connectivity index (χ1v) is 6.69. The molecule has 0 aliphatic carbocycles. The average Bonchev–Trinajstić information content (AvgIpc) is 2.59. The monoisotopic (exact) mass is 310 g/mol. The van der Waals surface area contributed by atoms with Crippen LogP contribution in [0.4, 0.5) is 5.69 Å². The number of carbonyl (C=O) groups excluding carboxylic acids is 2. The molecule has 0 saturated carbocycles. The number of nitrogens with zero attached hydrogens (tertiary/aromatic N) is 1. The van der Waals surface area contributed by atoms with Gasteiger partial charge in [-0.05, 0) is 31.5 Å². The number of carbonyl (C=O) groups is 2. The van der Waals surface area contributed by atoms with Gasteiger partial charge < -0.3 is 5.32 Å². The number of hydrogen-bond donors (Lipinski definition) is 1. The lowest BCUT2D eigenvalue weighted by atomic mass is 10.2. The van der Waals surface area contributed by atoms with Crippen LogP contribution in [-0.4, -0.2) is 29.3 Å². The van der Waals surface area contributed by atoms with Crippen LogP contribution >= 0.6 is 15.9 Å². The lowest BCUT2D eigenvalue weighted by Crippen LogP contribution is -2.34. The fourth-order valence-corrected chi connectivity index (χ4v) is 2.39. The predicted octanol–water partition coefficient (Wildman–Crippen LogP) is 2.32. The third-order valence-electron chi connectivity index (χ3n) is 3.07. The van der Waals surface area contributed by atoms with Crippen LogP contribution in [0.3, 0.4) is 0 Å². The van der Waals surface area contributed by atoms with Crippen LogP contribution in [0.25, 0.3) is 0 Å². The van der Waals surface area contributed by atoms with Gasteiger partial charge in [0.2, 0.25) is 5.91 Å². The first kappa shape index (κ1) is 13.1. The Morgan fingerprint density at radius 1 is 1.44 bits per heavy atom. The molecule has 1 atom stereocenters. The number of amides is 2. The second kappa shape index (κ2) is 5.10. The summed E-state index contributed by atoms with van der Waals surface area (Å²) < 4.78 is 0.983. The molecule has 0 bridgehead atoms. The van der Waals surface area contributed by atoms with Crippen LogP contribution in [0.2, 0.25) is 0 Å². The molecule has 0 radical (unpaired) electrons. The number of nitrogens with one attached hydrogen (secondary N) is 1. The summed E-state index contributed by atoms with van der Waals surface area (Å²) in [5, 5.41) is 3.11. The summed E-state index contributed by atoms with van der Waals surface area (Å²) in [5.74, 6) is -0.245. The molecule has 1 aromatic carbocycles. The average molecular weight is 311 g/mol. The van der Waals surface area contributed by atoms with E-state index in [1.54, 1.807) is 6.92 Å². The van der Waals surface area contributed by atoms with E-state index in [1.807, 2.05) is 25.1 Å². The first-order valence-electron chi connectivity index (χ1n) is 5.89. The van der Waals surface area contributed by atoms with Crippen molar-refractivity contribution in [2.45, 2.75) is 26.3 Å². The Balaban J connectivity index is 2.13. The van der Waals surface area contributed by atoms with Gasteiger partial charge in [0.15, 0.2) is 0 Å². The number of rotatable bonds is 3. The molecule has 1 saturated heterocycles. The smallest absolute Gasteiger partial charge is 0.252 e. The van der Waals surface area contributed by atoms with Gasteiger partial charge in [-0.15, -0.1) is 0 Å². The van der Waals surface area contributed by atoms with Gasteiger partial charge in [0.05, 0.1) is 6.42 Å². The number of halogens is 1. The van der Waals surface area contributed by atoms with E-state index < -0.39 is 6.04 Å². The molecule has 0 aromatic heterocycles. The Bertz CT molecular complexity index is 502. The van der Waals surface area contributed by atoms with Gasteiger partial charge in [0, 0.05) is 16.7 Å². The number of aryl methyl sites for hydroxylation is 1. The molecular formula is C13H15BrN2O2. The van der Waals surface area contributed by atoms with Gasteiger partial charge in [-0.3, -0.25) is 14.5 Å². The van der Waals surface area contributed by atoms with Crippen LogP contribution in [0.5, 0.6) is 0 Å². The van der Waals surface area contributed by atoms with Crippen molar-refractivity contribution in [2.75, 3.05) is 11.9 Å². The summed E-state index contributed by atoms with van der Waals surface area (Å²) in [6, 6.07) is 5.35. The highest BCUT2D eigenvalue weighted by atomic mass is 79.9. The zero-order chi connectivity index (χ0) is 13.3. The van der Waals surface area contributed by atoms with Crippen molar-refractivity contribution in [1.29, 1.82) is 0 Å². The van der Waals surface area contributed by atoms with Crippen molar-refractivity contribution in [3.8, 4) is 0 Å². The second-order valence-electron chi connectivity index (χ2n) is 4.34. The van der Waals surface area contributed by atoms with Crippen molar-refractivity contribution in [3.05, 3.63) is 28.2 Å². The van der Waals surface area contributed by atoms with Crippen LogP contribution in [-0.2, 0) is 9.59 Å². The van der Waals surface area contributed by atoms with Crippen molar-refractivity contribution >= 4 is 33.4 Å². The van der Waals surface area contributed by atoms with Crippen molar-refractivity contribution in [3.63, 3.8) is 0 Å². The van der Waals surface area contributed by atoms with E-state index in [1.165, 1.54) is 4.90 Å². The summed E-state index contributed by atoms with van der Waals surface area (Å²) in [6.07, 6.45) is 0.234. The highest BCUT2D eigenvalue weighted by molar-refractivity contribution is 9.10. The molecular weight excluding hydrogens is 296 g/mol. The molecule has 4 nitrogen and oxygen atoms in total. The highest BCUT2D eigenvalue weighted by Gasteiger charge is 2.37. The molecule has 5 heteroatoms. The molecule has 1 N–H and O–H groups in total. The van der Waals surface area contributed by atoms with Crippen molar-refractivity contribution < 1.29 is 9.59 Å². The standard InChI is InChI=1S/C13H15BrN2O2/c1-3-16-12(17)7-11(13(16)18)15-9-5-4-8(2)10(14)6-9/h4-6,11,15H,3,7H2,1-2H3. The van der Waals surface area contributed by atoms with Crippen LogP contribution in [0.15, 0.2) is 22.7 Å². The highest BCUT2D eigenvalue weighted by Crippen LogP contribution is 2.23. The Morgan fingerprint density at radius 3 is 2.72 bits per heavy atom. The van der Waals surface area contributed by atoms with E-state index >= 15 is 0 Å². The van der Waals surface area contributed by atoms with Gasteiger partial charge in [0.1, 0.15) is 6.04 Å². The Labute approximate surface area is 114 Å². The van der Waals surface area contributed by atoms with Crippen molar-refractivity contribution in [2.24, 2.45) is 0 Å². The molecule has 1 aromatic rings. The molecule has 1 unspecified atom stereocenters. The predicted molar refractivity (Wildman–Crippen MR) is 73.3 cm³/mol. The maximum atomic E-state index is 11.9. The molecule has 96 valence electrons.